The fourth-order valence-corrected chi connectivity index (χ4v) is 2.82. The van der Waals surface area contributed by atoms with Crippen LogP contribution in [0.5, 0.6) is 5.75 Å². The normalized spacial score (nSPS) is 16.4. The molecule has 0 aliphatic carbocycles. The van der Waals surface area contributed by atoms with Gasteiger partial charge in [-0.15, -0.1) is 0 Å². The summed E-state index contributed by atoms with van der Waals surface area (Å²) in [5.74, 6) is 1.15. The van der Waals surface area contributed by atoms with Gasteiger partial charge in [0.25, 0.3) is 5.91 Å². The van der Waals surface area contributed by atoms with E-state index in [4.69, 9.17) is 9.15 Å². The number of aromatic amines is 1. The molecule has 1 amide bonds. The number of amides is 1. The summed E-state index contributed by atoms with van der Waals surface area (Å²) in [6, 6.07) is 10.9. The summed E-state index contributed by atoms with van der Waals surface area (Å²) in [6.07, 6.45) is 1.59. The Kier molecular flexibility index (Phi) is 2.75. The molecule has 0 saturated heterocycles. The monoisotopic (exact) mass is 295 g/mol. The Balaban J connectivity index is 1.89. The third kappa shape index (κ3) is 1.74. The maximum absolute atomic E-state index is 12.2. The molecule has 22 heavy (non-hydrogen) atoms. The number of aromatic nitrogens is 2. The molecule has 1 aliphatic heterocycles. The molecular formula is C16H13N3O3. The Morgan fingerprint density at radius 1 is 1.23 bits per heavy atom. The zero-order chi connectivity index (χ0) is 15.1. The smallest absolute Gasteiger partial charge is 0.272 e. The SMILES string of the molecule is COc1ccccc1[C@H]1NC(=O)c2n[nH]c(-c3ccco3)c21. The molecule has 0 saturated carbocycles. The first-order valence-electron chi connectivity index (χ1n) is 6.85. The quantitative estimate of drug-likeness (QED) is 0.778. The first-order chi connectivity index (χ1) is 10.8. The summed E-state index contributed by atoms with van der Waals surface area (Å²) in [4.78, 5) is 12.2. The van der Waals surface area contributed by atoms with Crippen molar-refractivity contribution in [1.29, 1.82) is 0 Å². The van der Waals surface area contributed by atoms with Crippen molar-refractivity contribution in [2.45, 2.75) is 6.04 Å². The lowest BCUT2D eigenvalue weighted by Gasteiger charge is -2.16. The Hall–Kier alpha value is -3.02. The van der Waals surface area contributed by atoms with E-state index >= 15 is 0 Å². The minimum Gasteiger partial charge on any atom is -0.496 e. The number of carbonyl (C=O) groups is 1. The molecule has 6 nitrogen and oxygen atoms in total. The number of methoxy groups -OCH3 is 1. The summed E-state index contributed by atoms with van der Waals surface area (Å²) in [5, 5.41) is 9.98. The number of ether oxygens (including phenoxy) is 1. The number of fused-ring (bicyclic) bond motifs is 1. The van der Waals surface area contributed by atoms with Gasteiger partial charge < -0.3 is 14.5 Å². The Morgan fingerprint density at radius 2 is 2.09 bits per heavy atom. The van der Waals surface area contributed by atoms with Crippen molar-refractivity contribution in [3.8, 4) is 17.2 Å². The molecule has 1 aromatic carbocycles. The Morgan fingerprint density at radius 3 is 2.86 bits per heavy atom. The molecule has 6 heteroatoms. The van der Waals surface area contributed by atoms with Crippen LogP contribution in [0, 0.1) is 0 Å². The first-order valence-corrected chi connectivity index (χ1v) is 6.85. The highest BCUT2D eigenvalue weighted by Crippen LogP contribution is 2.39. The van der Waals surface area contributed by atoms with E-state index in [1.165, 1.54) is 0 Å². The van der Waals surface area contributed by atoms with Crippen LogP contribution in [-0.4, -0.2) is 23.2 Å². The van der Waals surface area contributed by atoms with Gasteiger partial charge >= 0.3 is 0 Å². The second kappa shape index (κ2) is 4.77. The highest BCUT2D eigenvalue weighted by molar-refractivity contribution is 6.00. The summed E-state index contributed by atoms with van der Waals surface area (Å²) in [5.41, 5.74) is 2.76. The molecular weight excluding hydrogens is 282 g/mol. The van der Waals surface area contributed by atoms with Gasteiger partial charge in [-0.1, -0.05) is 18.2 Å². The van der Waals surface area contributed by atoms with Crippen molar-refractivity contribution in [2.24, 2.45) is 0 Å². The second-order valence-electron chi connectivity index (χ2n) is 4.99. The first kappa shape index (κ1) is 12.7. The van der Waals surface area contributed by atoms with Crippen LogP contribution in [0.1, 0.15) is 27.7 Å². The van der Waals surface area contributed by atoms with E-state index in [0.717, 1.165) is 11.1 Å². The van der Waals surface area contributed by atoms with Gasteiger partial charge in [0.2, 0.25) is 0 Å². The van der Waals surface area contributed by atoms with Crippen molar-refractivity contribution in [2.75, 3.05) is 7.11 Å². The largest absolute Gasteiger partial charge is 0.496 e. The van der Waals surface area contributed by atoms with E-state index in [-0.39, 0.29) is 11.9 Å². The predicted octanol–water partition coefficient (Wildman–Crippen LogP) is 2.51. The molecule has 110 valence electrons. The van der Waals surface area contributed by atoms with Gasteiger partial charge in [0.05, 0.1) is 19.4 Å². The van der Waals surface area contributed by atoms with Crippen LogP contribution in [0.25, 0.3) is 11.5 Å². The number of hydrogen-bond donors (Lipinski definition) is 2. The Labute approximate surface area is 126 Å². The van der Waals surface area contributed by atoms with Gasteiger partial charge in [-0.05, 0) is 18.2 Å². The van der Waals surface area contributed by atoms with Crippen LogP contribution in [0.4, 0.5) is 0 Å². The lowest BCUT2D eigenvalue weighted by atomic mass is 9.98. The molecule has 1 atom stereocenters. The molecule has 2 aromatic heterocycles. The fraction of sp³-hybridized carbons (Fsp3) is 0.125. The van der Waals surface area contributed by atoms with E-state index in [1.54, 1.807) is 19.4 Å². The van der Waals surface area contributed by atoms with Crippen molar-refractivity contribution >= 4 is 5.91 Å². The maximum atomic E-state index is 12.2. The summed E-state index contributed by atoms with van der Waals surface area (Å²) >= 11 is 0. The average Bonchev–Trinajstić information content (AvgIpc) is 3.25. The van der Waals surface area contributed by atoms with Gasteiger partial charge in [0.1, 0.15) is 11.4 Å². The number of nitrogens with one attached hydrogen (secondary N) is 2. The molecule has 4 rings (SSSR count). The molecule has 0 unspecified atom stereocenters. The van der Waals surface area contributed by atoms with Gasteiger partial charge in [-0.25, -0.2) is 0 Å². The molecule has 3 aromatic rings. The number of furan rings is 1. The Bertz CT molecular complexity index is 836. The minimum absolute atomic E-state index is 0.208. The van der Waals surface area contributed by atoms with Gasteiger partial charge in [-0.3, -0.25) is 9.89 Å². The van der Waals surface area contributed by atoms with Crippen molar-refractivity contribution in [3.05, 3.63) is 59.5 Å². The van der Waals surface area contributed by atoms with Gasteiger partial charge in [0.15, 0.2) is 11.5 Å². The number of rotatable bonds is 3. The van der Waals surface area contributed by atoms with Crippen LogP contribution < -0.4 is 10.1 Å². The van der Waals surface area contributed by atoms with Crippen LogP contribution in [0.3, 0.4) is 0 Å². The van der Waals surface area contributed by atoms with Gasteiger partial charge in [0, 0.05) is 11.1 Å². The molecule has 3 heterocycles. The standard InChI is InChI=1S/C16H13N3O3/c1-21-10-6-3-2-5-9(10)13-12-14(11-7-4-8-22-11)18-19-15(12)16(20)17-13/h2-8,13H,1H3,(H,17,20)(H,18,19)/t13-/m1/s1. The zero-order valence-electron chi connectivity index (χ0n) is 11.8. The van der Waals surface area contributed by atoms with Gasteiger partial charge in [-0.2, -0.15) is 5.10 Å². The van der Waals surface area contributed by atoms with Crippen molar-refractivity contribution < 1.29 is 13.9 Å². The lowest BCUT2D eigenvalue weighted by Crippen LogP contribution is -2.21. The number of H-pyrrole nitrogens is 1. The van der Waals surface area contributed by atoms with E-state index in [9.17, 15) is 4.79 Å². The number of para-hydroxylation sites is 1. The van der Waals surface area contributed by atoms with Crippen molar-refractivity contribution in [3.63, 3.8) is 0 Å². The topological polar surface area (TPSA) is 80.1 Å². The molecule has 0 bridgehead atoms. The van der Waals surface area contributed by atoms with Crippen molar-refractivity contribution in [1.82, 2.24) is 15.5 Å². The molecule has 1 aliphatic rings. The highest BCUT2D eigenvalue weighted by Gasteiger charge is 2.37. The number of nitrogens with zero attached hydrogens (tertiary/aromatic N) is 1. The number of carbonyl (C=O) groups excluding carboxylic acids is 1. The number of hydrogen-bond acceptors (Lipinski definition) is 4. The van der Waals surface area contributed by atoms with E-state index < -0.39 is 0 Å². The molecule has 0 radical (unpaired) electrons. The van der Waals surface area contributed by atoms with Crippen LogP contribution in [0.15, 0.2) is 47.1 Å². The molecule has 0 spiro atoms. The second-order valence-corrected chi connectivity index (χ2v) is 4.99. The number of benzene rings is 1. The average molecular weight is 295 g/mol. The van der Waals surface area contributed by atoms with E-state index in [1.807, 2.05) is 30.3 Å². The summed E-state index contributed by atoms with van der Waals surface area (Å²) < 4.78 is 10.8. The van der Waals surface area contributed by atoms with Crippen LogP contribution in [-0.2, 0) is 0 Å². The summed E-state index contributed by atoms with van der Waals surface area (Å²) in [7, 11) is 1.61. The minimum atomic E-state index is -0.322. The van der Waals surface area contributed by atoms with E-state index in [0.29, 0.717) is 22.9 Å². The summed E-state index contributed by atoms with van der Waals surface area (Å²) in [6.45, 7) is 0. The third-order valence-electron chi connectivity index (χ3n) is 3.80. The predicted molar refractivity (Wildman–Crippen MR) is 78.6 cm³/mol. The fourth-order valence-electron chi connectivity index (χ4n) is 2.82. The zero-order valence-corrected chi connectivity index (χ0v) is 11.8. The molecule has 2 N–H and O–H groups in total. The lowest BCUT2D eigenvalue weighted by molar-refractivity contribution is 0.0955. The highest BCUT2D eigenvalue weighted by atomic mass is 16.5. The van der Waals surface area contributed by atoms with Crippen LogP contribution >= 0.6 is 0 Å². The van der Waals surface area contributed by atoms with E-state index in [2.05, 4.69) is 15.5 Å². The van der Waals surface area contributed by atoms with Crippen LogP contribution in [0.2, 0.25) is 0 Å². The third-order valence-corrected chi connectivity index (χ3v) is 3.80. The maximum Gasteiger partial charge on any atom is 0.272 e. The molecule has 0 fully saturated rings.